The Kier molecular flexibility index (Phi) is 4.45. The van der Waals surface area contributed by atoms with Crippen LogP contribution in [0.25, 0.3) is 0 Å². The van der Waals surface area contributed by atoms with Crippen LogP contribution < -0.4 is 10.6 Å². The van der Waals surface area contributed by atoms with E-state index in [0.717, 1.165) is 11.3 Å². The van der Waals surface area contributed by atoms with Crippen molar-refractivity contribution in [2.24, 2.45) is 0 Å². The van der Waals surface area contributed by atoms with Gasteiger partial charge in [-0.3, -0.25) is 0 Å². The Morgan fingerprint density at radius 2 is 2.20 bits per heavy atom. The largest absolute Gasteiger partial charge is 0.479 e. The van der Waals surface area contributed by atoms with E-state index in [4.69, 9.17) is 11.6 Å². The number of carbonyl (C=O) groups is 2. The Balaban J connectivity index is 2.04. The fourth-order valence-corrected chi connectivity index (χ4v) is 3.44. The van der Waals surface area contributed by atoms with E-state index in [1.165, 1.54) is 11.8 Å². The molecule has 0 aromatic heterocycles. The molecule has 1 aromatic rings. The summed E-state index contributed by atoms with van der Waals surface area (Å²) in [6.45, 7) is 1.86. The summed E-state index contributed by atoms with van der Waals surface area (Å²) in [5, 5.41) is 15.0. The number of urea groups is 1. The van der Waals surface area contributed by atoms with Crippen molar-refractivity contribution in [1.29, 1.82) is 0 Å². The predicted molar refractivity (Wildman–Crippen MR) is 80.7 cm³/mol. The molecule has 20 heavy (non-hydrogen) atoms. The zero-order valence-corrected chi connectivity index (χ0v) is 12.5. The lowest BCUT2D eigenvalue weighted by atomic mass is 10.00. The topological polar surface area (TPSA) is 78.4 Å². The molecule has 108 valence electrons. The Morgan fingerprint density at radius 3 is 2.75 bits per heavy atom. The highest BCUT2D eigenvalue weighted by Crippen LogP contribution is 2.28. The number of benzene rings is 1. The van der Waals surface area contributed by atoms with Gasteiger partial charge in [0.15, 0.2) is 0 Å². The van der Waals surface area contributed by atoms with E-state index in [1.54, 1.807) is 18.2 Å². The van der Waals surface area contributed by atoms with E-state index in [2.05, 4.69) is 10.6 Å². The monoisotopic (exact) mass is 314 g/mol. The van der Waals surface area contributed by atoms with Gasteiger partial charge in [0, 0.05) is 16.5 Å². The summed E-state index contributed by atoms with van der Waals surface area (Å²) in [6.07, 6.45) is 0.426. The van der Waals surface area contributed by atoms with Crippen LogP contribution in [0.1, 0.15) is 12.0 Å². The smallest absolute Gasteiger partial charge is 0.330 e. The molecule has 0 aliphatic carbocycles. The van der Waals surface area contributed by atoms with E-state index < -0.39 is 17.5 Å². The number of aryl methyl sites for hydroxylation is 1. The lowest BCUT2D eigenvalue weighted by Crippen LogP contribution is -2.55. The maximum Gasteiger partial charge on any atom is 0.330 e. The van der Waals surface area contributed by atoms with Crippen LogP contribution in [0, 0.1) is 6.92 Å². The first-order valence-electron chi connectivity index (χ1n) is 6.09. The van der Waals surface area contributed by atoms with Crippen LogP contribution in [-0.4, -0.2) is 34.2 Å². The summed E-state index contributed by atoms with van der Waals surface area (Å²) in [6, 6.07) is 4.61. The van der Waals surface area contributed by atoms with Crippen LogP contribution >= 0.6 is 23.4 Å². The molecular formula is C13H15ClN2O3S. The molecule has 3 N–H and O–H groups in total. The lowest BCUT2D eigenvalue weighted by Gasteiger charge is -2.24. The summed E-state index contributed by atoms with van der Waals surface area (Å²) in [7, 11) is 0. The van der Waals surface area contributed by atoms with Crippen molar-refractivity contribution in [2.45, 2.75) is 18.9 Å². The second kappa shape index (κ2) is 5.93. The minimum absolute atomic E-state index is 0.379. The normalized spacial score (nSPS) is 21.5. The molecule has 2 amide bonds. The van der Waals surface area contributed by atoms with E-state index in [9.17, 15) is 14.7 Å². The van der Waals surface area contributed by atoms with Crippen LogP contribution in [0.5, 0.6) is 0 Å². The Morgan fingerprint density at radius 1 is 1.45 bits per heavy atom. The van der Waals surface area contributed by atoms with Gasteiger partial charge in [-0.25, -0.2) is 9.59 Å². The van der Waals surface area contributed by atoms with Crippen molar-refractivity contribution in [3.8, 4) is 0 Å². The molecule has 2 rings (SSSR count). The maximum absolute atomic E-state index is 11.9. The van der Waals surface area contributed by atoms with E-state index in [-0.39, 0.29) is 0 Å². The van der Waals surface area contributed by atoms with Crippen molar-refractivity contribution >= 4 is 41.1 Å². The number of thioether (sulfide) groups is 1. The highest BCUT2D eigenvalue weighted by Gasteiger charge is 2.43. The molecule has 0 radical (unpaired) electrons. The fraction of sp³-hybridized carbons (Fsp3) is 0.385. The van der Waals surface area contributed by atoms with Gasteiger partial charge >= 0.3 is 12.0 Å². The number of hydrogen-bond acceptors (Lipinski definition) is 3. The first-order valence-corrected chi connectivity index (χ1v) is 7.63. The SMILES string of the molecule is Cc1ccc(NC(=O)NC2(C(=O)O)CCSC2)cc1Cl. The number of nitrogens with one attached hydrogen (secondary N) is 2. The fourth-order valence-electron chi connectivity index (χ4n) is 1.94. The molecule has 0 spiro atoms. The molecule has 1 fully saturated rings. The highest BCUT2D eigenvalue weighted by molar-refractivity contribution is 7.99. The van der Waals surface area contributed by atoms with E-state index in [1.807, 2.05) is 6.92 Å². The van der Waals surface area contributed by atoms with Gasteiger partial charge in [0.05, 0.1) is 0 Å². The molecule has 1 heterocycles. The first-order chi connectivity index (χ1) is 9.43. The minimum atomic E-state index is -1.18. The average Bonchev–Trinajstić information content (AvgIpc) is 2.83. The van der Waals surface area contributed by atoms with Gasteiger partial charge in [-0.2, -0.15) is 11.8 Å². The molecule has 1 unspecified atom stereocenters. The van der Waals surface area contributed by atoms with Crippen LogP contribution in [0.3, 0.4) is 0 Å². The molecule has 1 aliphatic rings. The van der Waals surface area contributed by atoms with Crippen LogP contribution in [0.2, 0.25) is 5.02 Å². The minimum Gasteiger partial charge on any atom is -0.479 e. The summed E-state index contributed by atoms with van der Waals surface area (Å²) in [4.78, 5) is 23.3. The van der Waals surface area contributed by atoms with Gasteiger partial charge in [-0.15, -0.1) is 0 Å². The van der Waals surface area contributed by atoms with Crippen molar-refractivity contribution < 1.29 is 14.7 Å². The zero-order valence-electron chi connectivity index (χ0n) is 10.9. The van der Waals surface area contributed by atoms with E-state index >= 15 is 0 Å². The number of amides is 2. The van der Waals surface area contributed by atoms with Crippen molar-refractivity contribution in [2.75, 3.05) is 16.8 Å². The lowest BCUT2D eigenvalue weighted by molar-refractivity contribution is -0.143. The molecule has 5 nitrogen and oxygen atoms in total. The third-order valence-electron chi connectivity index (χ3n) is 3.21. The van der Waals surface area contributed by atoms with Gasteiger partial charge in [-0.05, 0) is 36.8 Å². The molecule has 7 heteroatoms. The van der Waals surface area contributed by atoms with Crippen molar-refractivity contribution in [1.82, 2.24) is 5.32 Å². The second-order valence-electron chi connectivity index (χ2n) is 4.73. The Bertz CT molecular complexity index is 544. The molecule has 1 aromatic carbocycles. The zero-order chi connectivity index (χ0) is 14.8. The standard InChI is InChI=1S/C13H15ClN2O3S/c1-8-2-3-9(6-10(8)14)15-12(19)16-13(11(17)18)4-5-20-7-13/h2-3,6H,4-5,7H2,1H3,(H,17,18)(H2,15,16,19). The summed E-state index contributed by atoms with van der Waals surface area (Å²) < 4.78 is 0. The number of carboxylic acids is 1. The molecular weight excluding hydrogens is 300 g/mol. The van der Waals surface area contributed by atoms with Gasteiger partial charge in [0.25, 0.3) is 0 Å². The average molecular weight is 315 g/mol. The number of anilines is 1. The van der Waals surface area contributed by atoms with Gasteiger partial charge in [0.2, 0.25) is 0 Å². The molecule has 1 saturated heterocycles. The molecule has 1 atom stereocenters. The van der Waals surface area contributed by atoms with Crippen molar-refractivity contribution in [3.63, 3.8) is 0 Å². The van der Waals surface area contributed by atoms with Gasteiger partial charge in [-0.1, -0.05) is 17.7 Å². The Hall–Kier alpha value is -1.40. The molecule has 0 bridgehead atoms. The van der Waals surface area contributed by atoms with Gasteiger partial charge in [0.1, 0.15) is 5.54 Å². The Labute approximate surface area is 126 Å². The second-order valence-corrected chi connectivity index (χ2v) is 6.25. The van der Waals surface area contributed by atoms with Gasteiger partial charge < -0.3 is 15.7 Å². The van der Waals surface area contributed by atoms with Crippen molar-refractivity contribution in [3.05, 3.63) is 28.8 Å². The van der Waals surface area contributed by atoms with Crippen LogP contribution in [-0.2, 0) is 4.79 Å². The number of carbonyl (C=O) groups excluding carboxylic acids is 1. The first kappa shape index (κ1) is 15.0. The number of hydrogen-bond donors (Lipinski definition) is 3. The maximum atomic E-state index is 11.9. The number of carboxylic acid groups (broad SMARTS) is 1. The van der Waals surface area contributed by atoms with Crippen LogP contribution in [0.15, 0.2) is 18.2 Å². The van der Waals surface area contributed by atoms with E-state index in [0.29, 0.717) is 22.9 Å². The number of aliphatic carboxylic acids is 1. The highest BCUT2D eigenvalue weighted by atomic mass is 35.5. The molecule has 0 saturated carbocycles. The number of rotatable bonds is 3. The summed E-state index contributed by atoms with van der Waals surface area (Å²) in [5.41, 5.74) is 0.264. The summed E-state index contributed by atoms with van der Waals surface area (Å²) in [5.74, 6) is 0.104. The quantitative estimate of drug-likeness (QED) is 0.801. The van der Waals surface area contributed by atoms with Crippen LogP contribution in [0.4, 0.5) is 10.5 Å². The third-order valence-corrected chi connectivity index (χ3v) is 4.81. The molecule has 1 aliphatic heterocycles. The predicted octanol–water partition coefficient (Wildman–Crippen LogP) is 2.73. The third kappa shape index (κ3) is 3.19. The number of halogens is 1. The summed E-state index contributed by atoms with van der Waals surface area (Å²) >= 11 is 7.49.